The van der Waals surface area contributed by atoms with Crippen LogP contribution in [0.1, 0.15) is 24.0 Å². The van der Waals surface area contributed by atoms with Crippen molar-refractivity contribution in [3.63, 3.8) is 0 Å². The van der Waals surface area contributed by atoms with Crippen LogP contribution < -0.4 is 27.8 Å². The van der Waals surface area contributed by atoms with Crippen LogP contribution >= 0.6 is 0 Å². The number of carbonyl (C=O) groups is 2. The lowest BCUT2D eigenvalue weighted by molar-refractivity contribution is -0.137. The fourth-order valence-corrected chi connectivity index (χ4v) is 5.16. The Kier molecular flexibility index (Phi) is 9.92. The normalized spacial score (nSPS) is 18.5. The Morgan fingerprint density at radius 3 is 2.29 bits per heavy atom. The van der Waals surface area contributed by atoms with E-state index in [1.165, 1.54) is 18.3 Å². The van der Waals surface area contributed by atoms with Gasteiger partial charge in [0.2, 0.25) is 11.8 Å². The number of halogens is 3. The number of aromatic nitrogens is 1. The van der Waals surface area contributed by atoms with E-state index in [9.17, 15) is 22.8 Å². The van der Waals surface area contributed by atoms with E-state index in [0.717, 1.165) is 23.0 Å². The van der Waals surface area contributed by atoms with Crippen LogP contribution in [0.25, 0.3) is 10.9 Å². The molecule has 0 radical (unpaired) electrons. The minimum atomic E-state index is -4.48. The minimum Gasteiger partial charge on any atom is -0.343 e. The van der Waals surface area contributed by atoms with Gasteiger partial charge in [0.25, 0.3) is 0 Å². The molecular formula is C29H36F3N7O2. The van der Waals surface area contributed by atoms with Crippen molar-refractivity contribution in [1.29, 1.82) is 0 Å². The second kappa shape index (κ2) is 13.4. The van der Waals surface area contributed by atoms with E-state index in [1.54, 1.807) is 6.07 Å². The summed E-state index contributed by atoms with van der Waals surface area (Å²) in [5.74, 6) is -1.12. The summed E-state index contributed by atoms with van der Waals surface area (Å²) >= 11 is 0. The first-order valence-corrected chi connectivity index (χ1v) is 13.6. The molecule has 1 heterocycles. The molecule has 2 amide bonds. The molecule has 0 saturated heterocycles. The largest absolute Gasteiger partial charge is 0.416 e. The molecule has 3 aromatic rings. The molecule has 2 aromatic carbocycles. The number of rotatable bonds is 12. The number of amides is 2. The Morgan fingerprint density at radius 2 is 1.66 bits per heavy atom. The SMILES string of the molecule is NCCN(CCN)C1CC([C@H](N)C(=O)N[C@@H](Cc2ccc(C(F)(F)F)cc2)C(=O)Nc2cnc3ccccc3c2)C1. The third-order valence-corrected chi connectivity index (χ3v) is 7.52. The highest BCUT2D eigenvalue weighted by molar-refractivity contribution is 5.99. The van der Waals surface area contributed by atoms with Gasteiger partial charge in [-0.25, -0.2) is 0 Å². The average Bonchev–Trinajstić information content (AvgIpc) is 2.91. The quantitative estimate of drug-likeness (QED) is 0.224. The van der Waals surface area contributed by atoms with E-state index in [0.29, 0.717) is 50.3 Å². The number of anilines is 1. The third-order valence-electron chi connectivity index (χ3n) is 7.52. The van der Waals surface area contributed by atoms with E-state index < -0.39 is 35.6 Å². The Hall–Kier alpha value is -3.58. The Balaban J connectivity index is 1.46. The van der Waals surface area contributed by atoms with Crippen molar-refractivity contribution >= 4 is 28.4 Å². The number of carbonyl (C=O) groups excluding carboxylic acids is 2. The van der Waals surface area contributed by atoms with Gasteiger partial charge in [0.15, 0.2) is 0 Å². The van der Waals surface area contributed by atoms with Crippen molar-refractivity contribution in [3.8, 4) is 0 Å². The molecule has 0 spiro atoms. The van der Waals surface area contributed by atoms with Crippen molar-refractivity contribution < 1.29 is 22.8 Å². The summed E-state index contributed by atoms with van der Waals surface area (Å²) in [5, 5.41) is 6.33. The van der Waals surface area contributed by atoms with Crippen LogP contribution in [0.15, 0.2) is 60.8 Å². The zero-order valence-electron chi connectivity index (χ0n) is 22.6. The van der Waals surface area contributed by atoms with Crippen molar-refractivity contribution in [2.75, 3.05) is 31.5 Å². The van der Waals surface area contributed by atoms with Crippen LogP contribution in [-0.2, 0) is 22.2 Å². The molecule has 1 fully saturated rings. The molecule has 220 valence electrons. The van der Waals surface area contributed by atoms with Gasteiger partial charge in [-0.2, -0.15) is 13.2 Å². The van der Waals surface area contributed by atoms with Gasteiger partial charge in [0.1, 0.15) is 6.04 Å². The molecule has 0 bridgehead atoms. The van der Waals surface area contributed by atoms with Gasteiger partial charge in [0.05, 0.1) is 29.0 Å². The predicted molar refractivity (Wildman–Crippen MR) is 152 cm³/mol. The number of alkyl halides is 3. The summed E-state index contributed by atoms with van der Waals surface area (Å²) in [6.45, 7) is 2.41. The van der Waals surface area contributed by atoms with Crippen molar-refractivity contribution in [3.05, 3.63) is 71.9 Å². The van der Waals surface area contributed by atoms with Crippen molar-refractivity contribution in [2.45, 2.75) is 43.6 Å². The predicted octanol–water partition coefficient (Wildman–Crippen LogP) is 2.24. The number of hydrogen-bond donors (Lipinski definition) is 5. The zero-order chi connectivity index (χ0) is 29.6. The highest BCUT2D eigenvalue weighted by Gasteiger charge is 2.40. The molecule has 0 aliphatic heterocycles. The van der Waals surface area contributed by atoms with Crippen LogP contribution in [0.5, 0.6) is 0 Å². The van der Waals surface area contributed by atoms with Crippen LogP contribution in [-0.4, -0.2) is 66.0 Å². The molecule has 1 aliphatic rings. The molecule has 41 heavy (non-hydrogen) atoms. The van der Waals surface area contributed by atoms with Gasteiger partial charge in [-0.05, 0) is 48.6 Å². The standard InChI is InChI=1S/C29H36F3N7O2/c30-29(31,32)21-7-5-18(6-8-21)13-25(27(40)37-22-14-19-3-1-2-4-24(19)36-17-22)38-28(41)26(35)20-15-23(16-20)39(11-9-33)12-10-34/h1-8,14,17,20,23,25-26H,9-13,15-16,33-35H2,(H,37,40)(H,38,41)/t20?,23?,25-,26-/m0/s1. The number of nitrogens with zero attached hydrogens (tertiary/aromatic N) is 2. The lowest BCUT2D eigenvalue weighted by Gasteiger charge is -2.44. The van der Waals surface area contributed by atoms with Crippen LogP contribution in [0, 0.1) is 5.92 Å². The fourth-order valence-electron chi connectivity index (χ4n) is 5.16. The summed E-state index contributed by atoms with van der Waals surface area (Å²) in [4.78, 5) is 33.1. The van der Waals surface area contributed by atoms with Crippen LogP contribution in [0.4, 0.5) is 18.9 Å². The van der Waals surface area contributed by atoms with E-state index in [4.69, 9.17) is 17.2 Å². The number of fused-ring (bicyclic) bond motifs is 1. The molecule has 12 heteroatoms. The topological polar surface area (TPSA) is 152 Å². The number of nitrogens with one attached hydrogen (secondary N) is 2. The van der Waals surface area contributed by atoms with Gasteiger partial charge >= 0.3 is 6.18 Å². The molecular weight excluding hydrogens is 535 g/mol. The minimum absolute atomic E-state index is 0.0302. The van der Waals surface area contributed by atoms with E-state index in [2.05, 4.69) is 20.5 Å². The average molecular weight is 572 g/mol. The molecule has 0 unspecified atom stereocenters. The molecule has 4 rings (SSSR count). The number of nitrogens with two attached hydrogens (primary N) is 3. The Morgan fingerprint density at radius 1 is 1.00 bits per heavy atom. The van der Waals surface area contributed by atoms with Gasteiger partial charge in [-0.15, -0.1) is 0 Å². The molecule has 1 aliphatic carbocycles. The highest BCUT2D eigenvalue weighted by Crippen LogP contribution is 2.34. The van der Waals surface area contributed by atoms with Crippen LogP contribution in [0.3, 0.4) is 0 Å². The molecule has 8 N–H and O–H groups in total. The second-order valence-electron chi connectivity index (χ2n) is 10.4. The maximum absolute atomic E-state index is 13.4. The fraction of sp³-hybridized carbons (Fsp3) is 0.414. The molecule has 1 aromatic heterocycles. The first kappa shape index (κ1) is 30.4. The van der Waals surface area contributed by atoms with Crippen molar-refractivity contribution in [2.24, 2.45) is 23.1 Å². The molecule has 2 atom stereocenters. The van der Waals surface area contributed by atoms with Gasteiger partial charge in [0, 0.05) is 44.0 Å². The van der Waals surface area contributed by atoms with Crippen LogP contribution in [0.2, 0.25) is 0 Å². The van der Waals surface area contributed by atoms with Gasteiger partial charge in [-0.3, -0.25) is 19.5 Å². The lowest BCUT2D eigenvalue weighted by Crippen LogP contribution is -2.58. The van der Waals surface area contributed by atoms with Gasteiger partial charge < -0.3 is 27.8 Å². The zero-order valence-corrected chi connectivity index (χ0v) is 22.6. The van der Waals surface area contributed by atoms with E-state index >= 15 is 0 Å². The first-order valence-electron chi connectivity index (χ1n) is 13.6. The highest BCUT2D eigenvalue weighted by atomic mass is 19.4. The second-order valence-corrected chi connectivity index (χ2v) is 10.4. The maximum Gasteiger partial charge on any atom is 0.416 e. The smallest absolute Gasteiger partial charge is 0.343 e. The maximum atomic E-state index is 13.4. The number of pyridine rings is 1. The third kappa shape index (κ3) is 7.79. The summed E-state index contributed by atoms with van der Waals surface area (Å²) < 4.78 is 39.1. The van der Waals surface area contributed by atoms with Gasteiger partial charge in [-0.1, -0.05) is 30.3 Å². The lowest BCUT2D eigenvalue weighted by atomic mass is 9.74. The summed E-state index contributed by atoms with van der Waals surface area (Å²) in [5.41, 5.74) is 18.6. The first-order chi connectivity index (χ1) is 19.6. The Bertz CT molecular complexity index is 1320. The number of hydrogen-bond acceptors (Lipinski definition) is 7. The molecule has 1 saturated carbocycles. The monoisotopic (exact) mass is 571 g/mol. The number of para-hydroxylation sites is 1. The summed E-state index contributed by atoms with van der Waals surface area (Å²) in [6.07, 6.45) is -1.60. The summed E-state index contributed by atoms with van der Waals surface area (Å²) in [6, 6.07) is 11.9. The number of benzene rings is 2. The van der Waals surface area contributed by atoms with E-state index in [1.807, 2.05) is 24.3 Å². The van der Waals surface area contributed by atoms with Crippen molar-refractivity contribution in [1.82, 2.24) is 15.2 Å². The molecule has 9 nitrogen and oxygen atoms in total. The summed E-state index contributed by atoms with van der Waals surface area (Å²) in [7, 11) is 0. The Labute approximate surface area is 236 Å². The van der Waals surface area contributed by atoms with E-state index in [-0.39, 0.29) is 18.4 Å².